The molecule has 2 saturated heterocycles. The zero-order chi connectivity index (χ0) is 19.2. The highest BCUT2D eigenvalue weighted by Crippen LogP contribution is 2.25. The third-order valence-corrected chi connectivity index (χ3v) is 5.72. The van der Waals surface area contributed by atoms with Gasteiger partial charge in [-0.05, 0) is 50.6 Å². The molecule has 6 nitrogen and oxygen atoms in total. The molecule has 148 valence electrons. The number of anilines is 1. The van der Waals surface area contributed by atoms with E-state index in [2.05, 4.69) is 29.1 Å². The molecule has 0 aromatic heterocycles. The Kier molecular flexibility index (Phi) is 6.85. The highest BCUT2D eigenvalue weighted by molar-refractivity contribution is 6.09. The van der Waals surface area contributed by atoms with Gasteiger partial charge in [-0.25, -0.2) is 0 Å². The van der Waals surface area contributed by atoms with Crippen molar-refractivity contribution in [3.8, 4) is 0 Å². The number of likely N-dealkylation sites (N-methyl/N-ethyl adjacent to an activating group) is 1. The Balaban J connectivity index is 1.41. The van der Waals surface area contributed by atoms with Crippen molar-refractivity contribution in [1.29, 1.82) is 0 Å². The van der Waals surface area contributed by atoms with Crippen molar-refractivity contribution in [2.45, 2.75) is 26.2 Å². The maximum atomic E-state index is 12.7. The van der Waals surface area contributed by atoms with Crippen LogP contribution in [0.15, 0.2) is 24.3 Å². The van der Waals surface area contributed by atoms with E-state index in [9.17, 15) is 9.59 Å². The Hall–Kier alpha value is -1.92. The van der Waals surface area contributed by atoms with E-state index in [-0.39, 0.29) is 11.8 Å². The van der Waals surface area contributed by atoms with E-state index in [0.717, 1.165) is 51.3 Å². The number of nitrogens with zero attached hydrogens (tertiary/aromatic N) is 3. The van der Waals surface area contributed by atoms with E-state index >= 15 is 0 Å². The monoisotopic (exact) mass is 372 g/mol. The second-order valence-electron chi connectivity index (χ2n) is 7.64. The largest absolute Gasteiger partial charge is 0.355 e. The zero-order valence-electron chi connectivity index (χ0n) is 16.6. The predicted molar refractivity (Wildman–Crippen MR) is 108 cm³/mol. The maximum Gasteiger partial charge on any atom is 0.239 e. The first-order valence-corrected chi connectivity index (χ1v) is 10.2. The van der Waals surface area contributed by atoms with Crippen LogP contribution in [0.1, 0.15) is 25.3 Å². The molecular weight excluding hydrogens is 340 g/mol. The van der Waals surface area contributed by atoms with Gasteiger partial charge >= 0.3 is 0 Å². The second-order valence-corrected chi connectivity index (χ2v) is 7.64. The first-order chi connectivity index (χ1) is 13.1. The molecule has 2 fully saturated rings. The van der Waals surface area contributed by atoms with Gasteiger partial charge in [0, 0.05) is 45.0 Å². The fourth-order valence-electron chi connectivity index (χ4n) is 3.80. The Bertz CT molecular complexity index is 638. The number of amides is 2. The summed E-state index contributed by atoms with van der Waals surface area (Å²) < 4.78 is 0. The molecular formula is C21H32N4O2. The lowest BCUT2D eigenvalue weighted by atomic mass is 10.1. The van der Waals surface area contributed by atoms with Crippen LogP contribution < -0.4 is 10.2 Å². The Morgan fingerprint density at radius 1 is 1.11 bits per heavy atom. The number of carbonyl (C=O) groups is 2. The summed E-state index contributed by atoms with van der Waals surface area (Å²) in [6.45, 7) is 8.78. The number of aryl methyl sites for hydroxylation is 1. The van der Waals surface area contributed by atoms with Gasteiger partial charge in [0.2, 0.25) is 11.8 Å². The fraction of sp³-hybridized carbons (Fsp3) is 0.619. The van der Waals surface area contributed by atoms with Gasteiger partial charge in [0.15, 0.2) is 0 Å². The van der Waals surface area contributed by atoms with Crippen LogP contribution in [0.5, 0.6) is 0 Å². The average molecular weight is 373 g/mol. The van der Waals surface area contributed by atoms with E-state index in [1.807, 2.05) is 24.3 Å². The van der Waals surface area contributed by atoms with Crippen LogP contribution >= 0.6 is 0 Å². The molecule has 1 aromatic carbocycles. The van der Waals surface area contributed by atoms with E-state index in [0.29, 0.717) is 19.5 Å². The summed E-state index contributed by atoms with van der Waals surface area (Å²) in [6.07, 6.45) is 2.50. The molecule has 0 aliphatic carbocycles. The summed E-state index contributed by atoms with van der Waals surface area (Å²) >= 11 is 0. The molecule has 2 heterocycles. The molecule has 27 heavy (non-hydrogen) atoms. The molecule has 2 aliphatic rings. The van der Waals surface area contributed by atoms with E-state index in [1.165, 1.54) is 5.56 Å². The number of hydrogen-bond donors (Lipinski definition) is 1. The standard InChI is InChI=1S/C21H32N4O2/c1-3-17-5-7-18(8-6-17)25-12-9-19(21(25)27)20(26)22-10-4-11-24-15-13-23(2)14-16-24/h5-8,19H,3-4,9-16H2,1-2H3,(H,22,26). The van der Waals surface area contributed by atoms with E-state index in [1.54, 1.807) is 4.90 Å². The van der Waals surface area contributed by atoms with Crippen molar-refractivity contribution in [1.82, 2.24) is 15.1 Å². The number of benzene rings is 1. The van der Waals surface area contributed by atoms with Crippen LogP contribution in [0.2, 0.25) is 0 Å². The molecule has 2 amide bonds. The molecule has 0 spiro atoms. The molecule has 3 rings (SSSR count). The minimum absolute atomic E-state index is 0.0733. The van der Waals surface area contributed by atoms with Gasteiger partial charge in [-0.1, -0.05) is 19.1 Å². The predicted octanol–water partition coefficient (Wildman–Crippen LogP) is 1.36. The summed E-state index contributed by atoms with van der Waals surface area (Å²) in [5, 5.41) is 2.97. The quantitative estimate of drug-likeness (QED) is 0.580. The molecule has 1 atom stereocenters. The normalized spacial score (nSPS) is 21.6. The van der Waals surface area contributed by atoms with Crippen LogP contribution in [0.3, 0.4) is 0 Å². The molecule has 0 radical (unpaired) electrons. The fourth-order valence-corrected chi connectivity index (χ4v) is 3.80. The van der Waals surface area contributed by atoms with Crippen molar-refractivity contribution in [3.05, 3.63) is 29.8 Å². The van der Waals surface area contributed by atoms with Gasteiger partial charge < -0.3 is 20.0 Å². The van der Waals surface area contributed by atoms with Crippen molar-refractivity contribution in [2.24, 2.45) is 5.92 Å². The zero-order valence-corrected chi connectivity index (χ0v) is 16.6. The maximum absolute atomic E-state index is 12.7. The summed E-state index contributed by atoms with van der Waals surface area (Å²) in [6, 6.07) is 8.06. The van der Waals surface area contributed by atoms with E-state index < -0.39 is 5.92 Å². The minimum Gasteiger partial charge on any atom is -0.355 e. The van der Waals surface area contributed by atoms with Crippen LogP contribution in [0, 0.1) is 5.92 Å². The van der Waals surface area contributed by atoms with Gasteiger partial charge in [-0.2, -0.15) is 0 Å². The SMILES string of the molecule is CCc1ccc(N2CCC(C(=O)NCCCN3CCN(C)CC3)C2=O)cc1. The topological polar surface area (TPSA) is 55.9 Å². The molecule has 1 unspecified atom stereocenters. The molecule has 1 N–H and O–H groups in total. The Morgan fingerprint density at radius 2 is 1.81 bits per heavy atom. The van der Waals surface area contributed by atoms with Gasteiger partial charge in [0.05, 0.1) is 0 Å². The minimum atomic E-state index is -0.542. The lowest BCUT2D eigenvalue weighted by Gasteiger charge is -2.32. The number of carbonyl (C=O) groups excluding carboxylic acids is 2. The molecule has 0 saturated carbocycles. The van der Waals surface area contributed by atoms with Gasteiger partial charge in [-0.15, -0.1) is 0 Å². The van der Waals surface area contributed by atoms with Gasteiger partial charge in [0.25, 0.3) is 0 Å². The summed E-state index contributed by atoms with van der Waals surface area (Å²) in [7, 11) is 2.15. The van der Waals surface area contributed by atoms with Crippen LogP contribution in [0.25, 0.3) is 0 Å². The molecule has 0 bridgehead atoms. The highest BCUT2D eigenvalue weighted by atomic mass is 16.2. The van der Waals surface area contributed by atoms with Crippen LogP contribution in [0.4, 0.5) is 5.69 Å². The number of rotatable bonds is 7. The van der Waals surface area contributed by atoms with Crippen molar-refractivity contribution >= 4 is 17.5 Å². The van der Waals surface area contributed by atoms with Gasteiger partial charge in [0.1, 0.15) is 5.92 Å². The second kappa shape index (κ2) is 9.33. The first-order valence-electron chi connectivity index (χ1n) is 10.2. The molecule has 6 heteroatoms. The Labute approximate surface area is 162 Å². The third-order valence-electron chi connectivity index (χ3n) is 5.72. The van der Waals surface area contributed by atoms with E-state index in [4.69, 9.17) is 0 Å². The third kappa shape index (κ3) is 5.08. The molecule has 2 aliphatic heterocycles. The van der Waals surface area contributed by atoms with Crippen molar-refractivity contribution < 1.29 is 9.59 Å². The Morgan fingerprint density at radius 3 is 2.48 bits per heavy atom. The summed E-state index contributed by atoms with van der Waals surface area (Å²) in [4.78, 5) is 31.6. The van der Waals surface area contributed by atoms with Crippen LogP contribution in [-0.4, -0.2) is 74.5 Å². The first kappa shape index (κ1) is 19.8. The van der Waals surface area contributed by atoms with Crippen molar-refractivity contribution in [2.75, 3.05) is 57.8 Å². The van der Waals surface area contributed by atoms with Gasteiger partial charge in [-0.3, -0.25) is 9.59 Å². The van der Waals surface area contributed by atoms with Crippen LogP contribution in [-0.2, 0) is 16.0 Å². The number of nitrogens with one attached hydrogen (secondary N) is 1. The van der Waals surface area contributed by atoms with Crippen molar-refractivity contribution in [3.63, 3.8) is 0 Å². The highest BCUT2D eigenvalue weighted by Gasteiger charge is 2.37. The lowest BCUT2D eigenvalue weighted by molar-refractivity contribution is -0.132. The average Bonchev–Trinajstić information content (AvgIpc) is 3.08. The number of hydrogen-bond acceptors (Lipinski definition) is 4. The number of piperazine rings is 1. The smallest absolute Gasteiger partial charge is 0.239 e. The lowest BCUT2D eigenvalue weighted by Crippen LogP contribution is -2.45. The summed E-state index contributed by atoms with van der Waals surface area (Å²) in [5.41, 5.74) is 2.14. The summed E-state index contributed by atoms with van der Waals surface area (Å²) in [5.74, 6) is -0.735. The molecule has 1 aromatic rings.